The number of aryl methyl sites for hydroxylation is 2. The van der Waals surface area contributed by atoms with E-state index in [0.717, 1.165) is 27.6 Å². The van der Waals surface area contributed by atoms with Crippen LogP contribution in [0.15, 0.2) is 70.6 Å². The molecule has 0 saturated heterocycles. The van der Waals surface area contributed by atoms with Crippen LogP contribution in [0.2, 0.25) is 0 Å². The third-order valence-electron chi connectivity index (χ3n) is 4.86. The number of fused-ring (bicyclic) bond motifs is 1. The Labute approximate surface area is 176 Å². The summed E-state index contributed by atoms with van der Waals surface area (Å²) < 4.78 is 7.51. The number of furan rings is 1. The lowest BCUT2D eigenvalue weighted by atomic mass is 10.1. The van der Waals surface area contributed by atoms with Gasteiger partial charge in [0.25, 0.3) is 5.91 Å². The third-order valence-corrected chi connectivity index (χ3v) is 5.69. The van der Waals surface area contributed by atoms with Gasteiger partial charge in [0.15, 0.2) is 10.9 Å². The largest absolute Gasteiger partial charge is 0.451 e. The first-order chi connectivity index (χ1) is 14.6. The lowest BCUT2D eigenvalue weighted by Crippen LogP contribution is -2.14. The number of rotatable bonds is 4. The molecule has 148 valence electrons. The lowest BCUT2D eigenvalue weighted by molar-refractivity contribution is 0.0998. The van der Waals surface area contributed by atoms with Crippen LogP contribution in [0.5, 0.6) is 0 Å². The highest BCUT2D eigenvalue weighted by atomic mass is 32.1. The molecule has 5 rings (SSSR count). The van der Waals surface area contributed by atoms with Crippen molar-refractivity contribution < 1.29 is 9.21 Å². The van der Waals surface area contributed by atoms with Crippen molar-refractivity contribution >= 4 is 34.0 Å². The molecule has 1 amide bonds. The Morgan fingerprint density at radius 1 is 1.10 bits per heavy atom. The SMILES string of the molecule is Cc1ccc(-c2csc(-n3c(NC(=O)c4cc5ccccc5o4)cnc3C)n2)cc1. The van der Waals surface area contributed by atoms with E-state index in [0.29, 0.717) is 11.4 Å². The minimum atomic E-state index is -0.331. The van der Waals surface area contributed by atoms with Crippen LogP contribution < -0.4 is 5.32 Å². The van der Waals surface area contributed by atoms with Crippen LogP contribution in [-0.2, 0) is 0 Å². The minimum Gasteiger partial charge on any atom is -0.451 e. The Hall–Kier alpha value is -3.71. The molecule has 6 nitrogen and oxygen atoms in total. The summed E-state index contributed by atoms with van der Waals surface area (Å²) in [5.74, 6) is 1.20. The highest BCUT2D eigenvalue weighted by Gasteiger charge is 2.18. The Morgan fingerprint density at radius 2 is 1.90 bits per heavy atom. The lowest BCUT2D eigenvalue weighted by Gasteiger charge is -2.07. The summed E-state index contributed by atoms with van der Waals surface area (Å²) >= 11 is 1.50. The van der Waals surface area contributed by atoms with Crippen LogP contribution in [0.1, 0.15) is 21.9 Å². The van der Waals surface area contributed by atoms with E-state index in [1.807, 2.05) is 41.1 Å². The average molecular weight is 414 g/mol. The first kappa shape index (κ1) is 18.3. The van der Waals surface area contributed by atoms with Gasteiger partial charge in [0.1, 0.15) is 17.2 Å². The summed E-state index contributed by atoms with van der Waals surface area (Å²) in [4.78, 5) is 21.9. The van der Waals surface area contributed by atoms with Gasteiger partial charge in [0, 0.05) is 16.3 Å². The molecule has 7 heteroatoms. The van der Waals surface area contributed by atoms with Crippen molar-refractivity contribution in [2.24, 2.45) is 0 Å². The Morgan fingerprint density at radius 3 is 2.70 bits per heavy atom. The first-order valence-corrected chi connectivity index (χ1v) is 10.3. The maximum atomic E-state index is 12.8. The van der Waals surface area contributed by atoms with E-state index < -0.39 is 0 Å². The third kappa shape index (κ3) is 3.29. The number of carbonyl (C=O) groups is 1. The molecule has 0 spiro atoms. The molecule has 0 radical (unpaired) electrons. The summed E-state index contributed by atoms with van der Waals surface area (Å²) in [6.45, 7) is 3.94. The van der Waals surface area contributed by atoms with Gasteiger partial charge in [-0.3, -0.25) is 9.36 Å². The molecule has 0 saturated carbocycles. The maximum absolute atomic E-state index is 12.8. The van der Waals surface area contributed by atoms with Crippen LogP contribution in [0.3, 0.4) is 0 Å². The predicted octanol–water partition coefficient (Wildman–Crippen LogP) is 5.61. The number of nitrogens with zero attached hydrogens (tertiary/aromatic N) is 3. The van der Waals surface area contributed by atoms with E-state index in [1.54, 1.807) is 12.3 Å². The van der Waals surface area contributed by atoms with E-state index in [4.69, 9.17) is 9.40 Å². The van der Waals surface area contributed by atoms with E-state index in [2.05, 4.69) is 41.5 Å². The Kier molecular flexibility index (Phi) is 4.44. The van der Waals surface area contributed by atoms with Crippen molar-refractivity contribution in [2.45, 2.75) is 13.8 Å². The number of carbonyl (C=O) groups excluding carboxylic acids is 1. The second kappa shape index (κ2) is 7.27. The quantitative estimate of drug-likeness (QED) is 0.415. The van der Waals surface area contributed by atoms with Gasteiger partial charge in [-0.15, -0.1) is 11.3 Å². The number of amides is 1. The summed E-state index contributed by atoms with van der Waals surface area (Å²) in [5, 5.41) is 6.52. The summed E-state index contributed by atoms with van der Waals surface area (Å²) in [6, 6.07) is 17.5. The Bertz CT molecular complexity index is 1330. The number of benzene rings is 2. The molecule has 0 aliphatic rings. The molecule has 1 N–H and O–H groups in total. The number of hydrogen-bond donors (Lipinski definition) is 1. The van der Waals surface area contributed by atoms with E-state index in [1.165, 1.54) is 16.9 Å². The van der Waals surface area contributed by atoms with Gasteiger partial charge < -0.3 is 9.73 Å². The fourth-order valence-corrected chi connectivity index (χ4v) is 4.16. The van der Waals surface area contributed by atoms with Crippen molar-refractivity contribution in [1.29, 1.82) is 0 Å². The molecule has 5 aromatic rings. The fraction of sp³-hybridized carbons (Fsp3) is 0.0870. The molecule has 0 bridgehead atoms. The molecule has 0 unspecified atom stereocenters. The molecule has 0 fully saturated rings. The molecule has 0 aliphatic heterocycles. The molecule has 3 heterocycles. The van der Waals surface area contributed by atoms with Crippen LogP contribution in [0.4, 0.5) is 5.82 Å². The first-order valence-electron chi connectivity index (χ1n) is 9.46. The molecule has 3 aromatic heterocycles. The van der Waals surface area contributed by atoms with Crippen LogP contribution in [0, 0.1) is 13.8 Å². The molecular weight excluding hydrogens is 396 g/mol. The Balaban J connectivity index is 1.45. The van der Waals surface area contributed by atoms with Gasteiger partial charge in [-0.2, -0.15) is 0 Å². The van der Waals surface area contributed by atoms with Gasteiger partial charge >= 0.3 is 0 Å². The summed E-state index contributed by atoms with van der Waals surface area (Å²) in [5.41, 5.74) is 3.82. The number of aromatic nitrogens is 3. The van der Waals surface area contributed by atoms with E-state index in [9.17, 15) is 4.79 Å². The fourth-order valence-electron chi connectivity index (χ4n) is 3.27. The van der Waals surface area contributed by atoms with Crippen molar-refractivity contribution in [3.63, 3.8) is 0 Å². The highest BCUT2D eigenvalue weighted by molar-refractivity contribution is 7.12. The zero-order chi connectivity index (χ0) is 20.7. The topological polar surface area (TPSA) is 73.0 Å². The van der Waals surface area contributed by atoms with Crippen molar-refractivity contribution in [3.05, 3.63) is 83.3 Å². The van der Waals surface area contributed by atoms with Crippen LogP contribution in [0.25, 0.3) is 27.4 Å². The smallest absolute Gasteiger partial charge is 0.292 e. The van der Waals surface area contributed by atoms with Gasteiger partial charge in [-0.1, -0.05) is 48.0 Å². The average Bonchev–Trinajstić information content (AvgIpc) is 3.47. The predicted molar refractivity (Wildman–Crippen MR) is 118 cm³/mol. The highest BCUT2D eigenvalue weighted by Crippen LogP contribution is 2.28. The standard InChI is InChI=1S/C23H18N4O2S/c1-14-7-9-16(10-8-14)18-13-30-23(25-18)27-15(2)24-12-21(27)26-22(28)20-11-17-5-3-4-6-19(17)29-20/h3-13H,1-2H3,(H,26,28). The van der Waals surface area contributed by atoms with Crippen LogP contribution >= 0.6 is 11.3 Å². The number of hydrogen-bond acceptors (Lipinski definition) is 5. The molecule has 0 aliphatic carbocycles. The zero-order valence-electron chi connectivity index (χ0n) is 16.4. The van der Waals surface area contributed by atoms with E-state index >= 15 is 0 Å². The van der Waals surface area contributed by atoms with Gasteiger partial charge in [0.05, 0.1) is 11.9 Å². The minimum absolute atomic E-state index is 0.251. The number of nitrogens with one attached hydrogen (secondary N) is 1. The monoisotopic (exact) mass is 414 g/mol. The number of thiazole rings is 1. The van der Waals surface area contributed by atoms with Gasteiger partial charge in [0.2, 0.25) is 0 Å². The summed E-state index contributed by atoms with van der Waals surface area (Å²) in [6.07, 6.45) is 1.63. The van der Waals surface area contributed by atoms with Crippen LogP contribution in [-0.4, -0.2) is 20.4 Å². The van der Waals surface area contributed by atoms with Crippen molar-refractivity contribution in [3.8, 4) is 16.4 Å². The van der Waals surface area contributed by atoms with Crippen molar-refractivity contribution in [1.82, 2.24) is 14.5 Å². The zero-order valence-corrected chi connectivity index (χ0v) is 17.2. The number of para-hydroxylation sites is 1. The summed E-state index contributed by atoms with van der Waals surface area (Å²) in [7, 11) is 0. The second-order valence-corrected chi connectivity index (χ2v) is 7.85. The molecule has 30 heavy (non-hydrogen) atoms. The van der Waals surface area contributed by atoms with Crippen molar-refractivity contribution in [2.75, 3.05) is 5.32 Å². The number of imidazole rings is 1. The molecule has 2 aromatic carbocycles. The molecular formula is C23H18N4O2S. The second-order valence-electron chi connectivity index (χ2n) is 7.01. The normalized spacial score (nSPS) is 11.1. The van der Waals surface area contributed by atoms with Gasteiger partial charge in [-0.25, -0.2) is 9.97 Å². The van der Waals surface area contributed by atoms with Gasteiger partial charge in [-0.05, 0) is 26.0 Å². The number of anilines is 1. The maximum Gasteiger partial charge on any atom is 0.292 e. The van der Waals surface area contributed by atoms with E-state index in [-0.39, 0.29) is 11.7 Å². The molecule has 0 atom stereocenters.